The Kier molecular flexibility index (Phi) is 6.67. The minimum atomic E-state index is -1.22. The van der Waals surface area contributed by atoms with Gasteiger partial charge in [0.15, 0.2) is 5.78 Å². The molecule has 1 aromatic heterocycles. The van der Waals surface area contributed by atoms with Gasteiger partial charge in [-0.3, -0.25) is 19.3 Å². The van der Waals surface area contributed by atoms with E-state index in [1.165, 1.54) is 23.3 Å². The summed E-state index contributed by atoms with van der Waals surface area (Å²) in [5.41, 5.74) is 2.88. The highest BCUT2D eigenvalue weighted by Crippen LogP contribution is 2.43. The summed E-state index contributed by atoms with van der Waals surface area (Å²) >= 11 is 1.21. The predicted octanol–water partition coefficient (Wildman–Crippen LogP) is 5.67. The second kappa shape index (κ2) is 9.95. The molecule has 0 radical (unpaired) electrons. The van der Waals surface area contributed by atoms with Crippen molar-refractivity contribution in [2.24, 2.45) is 5.92 Å². The Bertz CT molecular complexity index is 1490. The summed E-state index contributed by atoms with van der Waals surface area (Å²) in [6.45, 7) is 6.33. The number of ketones is 2. The van der Waals surface area contributed by atoms with Crippen LogP contribution in [0.2, 0.25) is 0 Å². The van der Waals surface area contributed by atoms with Crippen molar-refractivity contribution in [2.45, 2.75) is 32.2 Å². The molecule has 2 heterocycles. The Morgan fingerprint density at radius 2 is 1.55 bits per heavy atom. The molecule has 2 unspecified atom stereocenters. The number of ether oxygens (including phenoxy) is 1. The maximum atomic E-state index is 13.7. The molecule has 0 spiro atoms. The lowest BCUT2D eigenvalue weighted by molar-refractivity contribution is -0.135. The molecule has 4 aromatic rings. The van der Waals surface area contributed by atoms with Crippen LogP contribution in [-0.2, 0) is 15.0 Å². The van der Waals surface area contributed by atoms with Crippen LogP contribution in [0.3, 0.4) is 0 Å². The van der Waals surface area contributed by atoms with E-state index >= 15 is 0 Å². The second-order valence-electron chi connectivity index (χ2n) is 10.2. The lowest BCUT2D eigenvalue weighted by Crippen LogP contribution is -2.30. The molecule has 1 aliphatic heterocycles. The Hall–Kier alpha value is -4.17. The lowest BCUT2D eigenvalue weighted by atomic mass is 9.83. The molecule has 0 saturated carbocycles. The fraction of sp³-hybridized carbons (Fsp3) is 0.233. The van der Waals surface area contributed by atoms with E-state index in [0.29, 0.717) is 21.9 Å². The standard InChI is InChI=1S/C30H27N3O4S/c1-30(2,3)21-14-10-18(11-15-21)24-23(25(34)19-12-16-22(37-4)17-13-19)26(35)28(36)33(24)29-32-31-27(38-29)20-8-6-5-7-9-20/h5-17,23-24H,1-4H3. The van der Waals surface area contributed by atoms with E-state index < -0.39 is 29.4 Å². The van der Waals surface area contributed by atoms with E-state index in [-0.39, 0.29) is 10.5 Å². The minimum Gasteiger partial charge on any atom is -0.497 e. The van der Waals surface area contributed by atoms with E-state index in [2.05, 4.69) is 31.0 Å². The molecule has 1 fully saturated rings. The first-order valence-corrected chi connectivity index (χ1v) is 13.1. The Balaban J connectivity index is 1.60. The molecular weight excluding hydrogens is 498 g/mol. The van der Waals surface area contributed by atoms with E-state index in [0.717, 1.165) is 11.1 Å². The first-order valence-electron chi connectivity index (χ1n) is 12.2. The number of Topliss-reactive ketones (excluding diaryl/α,β-unsaturated/α-hetero) is 2. The summed E-state index contributed by atoms with van der Waals surface area (Å²) in [5, 5.41) is 9.44. The SMILES string of the molecule is COc1ccc(C(=O)C2C(=O)C(=O)N(c3nnc(-c4ccccc4)s3)C2c2ccc(C(C)(C)C)cc2)cc1. The van der Waals surface area contributed by atoms with Crippen molar-refractivity contribution >= 4 is 33.9 Å². The topological polar surface area (TPSA) is 89.5 Å². The van der Waals surface area contributed by atoms with Crippen LogP contribution in [0.25, 0.3) is 10.6 Å². The Labute approximate surface area is 225 Å². The van der Waals surface area contributed by atoms with Crippen LogP contribution >= 0.6 is 11.3 Å². The third-order valence-electron chi connectivity index (χ3n) is 6.72. The molecule has 0 aliphatic carbocycles. The molecule has 1 saturated heterocycles. The summed E-state index contributed by atoms with van der Waals surface area (Å²) in [4.78, 5) is 42.0. The Morgan fingerprint density at radius 1 is 0.895 bits per heavy atom. The van der Waals surface area contributed by atoms with Crippen LogP contribution in [0.1, 0.15) is 48.3 Å². The molecule has 38 heavy (non-hydrogen) atoms. The van der Waals surface area contributed by atoms with Gasteiger partial charge in [-0.1, -0.05) is 86.7 Å². The van der Waals surface area contributed by atoms with Gasteiger partial charge in [-0.05, 0) is 40.8 Å². The van der Waals surface area contributed by atoms with Crippen LogP contribution in [0.4, 0.5) is 5.13 Å². The molecule has 0 N–H and O–H groups in total. The van der Waals surface area contributed by atoms with Crippen molar-refractivity contribution < 1.29 is 19.1 Å². The molecular formula is C30H27N3O4S. The number of nitrogens with zero attached hydrogens (tertiary/aromatic N) is 3. The molecule has 1 amide bonds. The molecule has 192 valence electrons. The highest BCUT2D eigenvalue weighted by atomic mass is 32.1. The zero-order chi connectivity index (χ0) is 27.0. The van der Waals surface area contributed by atoms with Gasteiger partial charge >= 0.3 is 0 Å². The first kappa shape index (κ1) is 25.5. The average molecular weight is 526 g/mol. The largest absolute Gasteiger partial charge is 0.497 e. The molecule has 0 bridgehead atoms. The summed E-state index contributed by atoms with van der Waals surface area (Å²) in [7, 11) is 1.54. The number of amides is 1. The third kappa shape index (κ3) is 4.63. The van der Waals surface area contributed by atoms with E-state index in [1.807, 2.05) is 54.6 Å². The van der Waals surface area contributed by atoms with Gasteiger partial charge in [0.25, 0.3) is 5.91 Å². The fourth-order valence-electron chi connectivity index (χ4n) is 4.61. The number of aromatic nitrogens is 2. The van der Waals surface area contributed by atoms with Crippen LogP contribution in [0.5, 0.6) is 5.75 Å². The zero-order valence-electron chi connectivity index (χ0n) is 21.5. The van der Waals surface area contributed by atoms with Gasteiger partial charge in [0.2, 0.25) is 10.9 Å². The average Bonchev–Trinajstić information content (AvgIpc) is 3.51. The molecule has 1 aliphatic rings. The van der Waals surface area contributed by atoms with Gasteiger partial charge < -0.3 is 4.74 Å². The van der Waals surface area contributed by atoms with Gasteiger partial charge in [0.1, 0.15) is 16.7 Å². The number of benzene rings is 3. The number of hydrogen-bond donors (Lipinski definition) is 0. The normalized spacial score (nSPS) is 17.6. The number of rotatable bonds is 6. The van der Waals surface area contributed by atoms with E-state index in [4.69, 9.17) is 4.74 Å². The first-order chi connectivity index (χ1) is 18.2. The van der Waals surface area contributed by atoms with Gasteiger partial charge in [-0.15, -0.1) is 10.2 Å². The number of anilines is 1. The van der Waals surface area contributed by atoms with Gasteiger partial charge in [0, 0.05) is 11.1 Å². The van der Waals surface area contributed by atoms with Crippen molar-refractivity contribution in [2.75, 3.05) is 12.0 Å². The highest BCUT2D eigenvalue weighted by Gasteiger charge is 2.53. The van der Waals surface area contributed by atoms with Crippen molar-refractivity contribution in [1.82, 2.24) is 10.2 Å². The maximum absolute atomic E-state index is 13.7. The van der Waals surface area contributed by atoms with Gasteiger partial charge in [0.05, 0.1) is 13.2 Å². The van der Waals surface area contributed by atoms with Crippen molar-refractivity contribution in [3.05, 3.63) is 95.6 Å². The fourth-order valence-corrected chi connectivity index (χ4v) is 5.49. The van der Waals surface area contributed by atoms with Crippen LogP contribution in [0.15, 0.2) is 78.9 Å². The Morgan fingerprint density at radius 3 is 2.16 bits per heavy atom. The quantitative estimate of drug-likeness (QED) is 0.183. The van der Waals surface area contributed by atoms with Crippen LogP contribution < -0.4 is 9.64 Å². The van der Waals surface area contributed by atoms with Crippen molar-refractivity contribution in [1.29, 1.82) is 0 Å². The van der Waals surface area contributed by atoms with E-state index in [1.54, 1.807) is 24.3 Å². The number of methoxy groups -OCH3 is 1. The second-order valence-corrected chi connectivity index (χ2v) is 11.1. The van der Waals surface area contributed by atoms with Gasteiger partial charge in [-0.2, -0.15) is 0 Å². The van der Waals surface area contributed by atoms with Crippen LogP contribution in [-0.4, -0.2) is 34.8 Å². The molecule has 8 heteroatoms. The van der Waals surface area contributed by atoms with E-state index in [9.17, 15) is 14.4 Å². The predicted molar refractivity (Wildman–Crippen MR) is 147 cm³/mol. The summed E-state index contributed by atoms with van der Waals surface area (Å²) in [6.07, 6.45) is 0. The summed E-state index contributed by atoms with van der Waals surface area (Å²) < 4.78 is 5.20. The lowest BCUT2D eigenvalue weighted by Gasteiger charge is -2.26. The zero-order valence-corrected chi connectivity index (χ0v) is 22.4. The number of carbonyl (C=O) groups excluding carboxylic acids is 3. The van der Waals surface area contributed by atoms with Gasteiger partial charge in [-0.25, -0.2) is 0 Å². The number of carbonyl (C=O) groups is 3. The monoisotopic (exact) mass is 525 g/mol. The van der Waals surface area contributed by atoms with Crippen LogP contribution in [0, 0.1) is 5.92 Å². The molecule has 2 atom stereocenters. The third-order valence-corrected chi connectivity index (χ3v) is 7.69. The molecule has 3 aromatic carbocycles. The highest BCUT2D eigenvalue weighted by molar-refractivity contribution is 7.18. The molecule has 5 rings (SSSR count). The number of hydrogen-bond acceptors (Lipinski definition) is 7. The van der Waals surface area contributed by atoms with Crippen molar-refractivity contribution in [3.63, 3.8) is 0 Å². The van der Waals surface area contributed by atoms with Crippen molar-refractivity contribution in [3.8, 4) is 16.3 Å². The smallest absolute Gasteiger partial charge is 0.297 e. The minimum absolute atomic E-state index is 0.0817. The summed E-state index contributed by atoms with van der Waals surface area (Å²) in [6, 6.07) is 22.9. The molecule has 7 nitrogen and oxygen atoms in total. The summed E-state index contributed by atoms with van der Waals surface area (Å²) in [5.74, 6) is -2.58. The maximum Gasteiger partial charge on any atom is 0.297 e.